The molecule has 0 spiro atoms. The lowest BCUT2D eigenvalue weighted by Crippen LogP contribution is -2.56. The SMILES string of the molecule is CC(=O)N1CCN([C@H]2CCN(C(=O)N(C)C(C)c3cc(C(F)(F)F)cc(C(F)(F)F)c3)[C@H](c3ccc(F)cc3C)C2)CC1. The summed E-state index contributed by atoms with van der Waals surface area (Å²) < 4.78 is 95.0. The Morgan fingerprint density at radius 2 is 1.49 bits per heavy atom. The number of piperazine rings is 1. The van der Waals surface area contributed by atoms with Gasteiger partial charge in [0, 0.05) is 52.7 Å². The molecule has 0 aromatic heterocycles. The zero-order valence-corrected chi connectivity index (χ0v) is 24.4. The number of likely N-dealkylation sites (tertiary alicyclic amines) is 1. The first-order valence-corrected chi connectivity index (χ1v) is 14.1. The molecular formula is C30H35F7N4O2. The van der Waals surface area contributed by atoms with E-state index < -0.39 is 47.4 Å². The molecule has 0 saturated carbocycles. The predicted octanol–water partition coefficient (Wildman–Crippen LogP) is 6.65. The highest BCUT2D eigenvalue weighted by Crippen LogP contribution is 2.40. The second-order valence-corrected chi connectivity index (χ2v) is 11.3. The molecule has 2 saturated heterocycles. The minimum atomic E-state index is -5.01. The van der Waals surface area contributed by atoms with Crippen molar-refractivity contribution in [3.63, 3.8) is 0 Å². The minimum absolute atomic E-state index is 0.000149. The standard InChI is InChI=1S/C30H35F7N4O2/c1-18-13-24(31)5-6-26(18)27-17-25(40-11-9-39(10-12-40)20(3)42)7-8-41(27)28(43)38(4)19(2)21-14-22(29(32,33)34)16-23(15-21)30(35,36)37/h5-6,13-16,19,25,27H,7-12,17H2,1-4H3/t19?,25-,27-/m0/s1. The fourth-order valence-corrected chi connectivity index (χ4v) is 6.03. The van der Waals surface area contributed by atoms with Crippen LogP contribution in [0.2, 0.25) is 0 Å². The van der Waals surface area contributed by atoms with Crippen molar-refractivity contribution in [2.45, 2.75) is 64.1 Å². The number of piperidine rings is 1. The molecule has 2 aromatic carbocycles. The van der Waals surface area contributed by atoms with Crippen molar-refractivity contribution < 1.29 is 40.3 Å². The maximum absolute atomic E-state index is 14.0. The molecule has 2 fully saturated rings. The van der Waals surface area contributed by atoms with E-state index in [1.807, 2.05) is 0 Å². The molecule has 2 aliphatic rings. The summed E-state index contributed by atoms with van der Waals surface area (Å²) in [5, 5.41) is 0. The number of benzene rings is 2. The van der Waals surface area contributed by atoms with Crippen LogP contribution in [0, 0.1) is 12.7 Å². The number of alkyl halides is 6. The van der Waals surface area contributed by atoms with Gasteiger partial charge in [-0.3, -0.25) is 9.69 Å². The molecule has 236 valence electrons. The van der Waals surface area contributed by atoms with Crippen molar-refractivity contribution in [2.24, 2.45) is 0 Å². The first kappa shape index (κ1) is 32.6. The average molecular weight is 617 g/mol. The highest BCUT2D eigenvalue weighted by Gasteiger charge is 2.40. The van der Waals surface area contributed by atoms with Gasteiger partial charge in [-0.05, 0) is 73.7 Å². The molecule has 2 aromatic rings. The minimum Gasteiger partial charge on any atom is -0.340 e. The molecule has 0 aliphatic carbocycles. The largest absolute Gasteiger partial charge is 0.416 e. The number of rotatable bonds is 4. The molecule has 0 radical (unpaired) electrons. The maximum atomic E-state index is 14.0. The Kier molecular flexibility index (Phi) is 9.34. The summed E-state index contributed by atoms with van der Waals surface area (Å²) in [6.45, 7) is 7.36. The van der Waals surface area contributed by atoms with Gasteiger partial charge in [-0.1, -0.05) is 6.07 Å². The van der Waals surface area contributed by atoms with E-state index in [-0.39, 0.29) is 30.1 Å². The van der Waals surface area contributed by atoms with E-state index in [2.05, 4.69) is 4.90 Å². The summed E-state index contributed by atoms with van der Waals surface area (Å²) in [7, 11) is 1.35. The van der Waals surface area contributed by atoms with Crippen LogP contribution in [0.5, 0.6) is 0 Å². The van der Waals surface area contributed by atoms with Crippen LogP contribution in [0.15, 0.2) is 36.4 Å². The Bertz CT molecular complexity index is 1310. The number of nitrogens with zero attached hydrogens (tertiary/aromatic N) is 4. The Labute approximate surface area is 246 Å². The second kappa shape index (κ2) is 12.3. The van der Waals surface area contributed by atoms with E-state index in [1.54, 1.807) is 22.8 Å². The summed E-state index contributed by atoms with van der Waals surface area (Å²) in [4.78, 5) is 32.4. The van der Waals surface area contributed by atoms with Gasteiger partial charge in [-0.25, -0.2) is 9.18 Å². The van der Waals surface area contributed by atoms with Gasteiger partial charge in [0.25, 0.3) is 0 Å². The molecule has 13 heteroatoms. The number of amides is 3. The zero-order valence-electron chi connectivity index (χ0n) is 24.4. The molecule has 6 nitrogen and oxygen atoms in total. The quantitative estimate of drug-likeness (QED) is 0.362. The molecule has 4 rings (SSSR count). The Morgan fingerprint density at radius 1 is 0.907 bits per heavy atom. The lowest BCUT2D eigenvalue weighted by atomic mass is 9.88. The first-order chi connectivity index (χ1) is 20.0. The van der Waals surface area contributed by atoms with Crippen LogP contribution in [0.1, 0.15) is 66.6 Å². The number of urea groups is 1. The Hall–Kier alpha value is -3.35. The van der Waals surface area contributed by atoms with E-state index in [0.717, 1.165) is 4.90 Å². The molecule has 0 bridgehead atoms. The van der Waals surface area contributed by atoms with Gasteiger partial charge in [0.2, 0.25) is 5.91 Å². The van der Waals surface area contributed by atoms with E-state index in [4.69, 9.17) is 0 Å². The molecule has 2 heterocycles. The van der Waals surface area contributed by atoms with E-state index in [0.29, 0.717) is 62.3 Å². The van der Waals surface area contributed by atoms with Crippen molar-refractivity contribution in [1.82, 2.24) is 19.6 Å². The third kappa shape index (κ3) is 7.25. The lowest BCUT2D eigenvalue weighted by Gasteiger charge is -2.47. The average Bonchev–Trinajstić information content (AvgIpc) is 2.94. The summed E-state index contributed by atoms with van der Waals surface area (Å²) in [5.41, 5.74) is -1.87. The second-order valence-electron chi connectivity index (χ2n) is 11.3. The highest BCUT2D eigenvalue weighted by atomic mass is 19.4. The number of carbonyl (C=O) groups is 2. The number of hydrogen-bond donors (Lipinski definition) is 0. The van der Waals surface area contributed by atoms with Crippen molar-refractivity contribution in [3.05, 3.63) is 70.0 Å². The molecule has 1 unspecified atom stereocenters. The van der Waals surface area contributed by atoms with Gasteiger partial charge in [0.05, 0.1) is 23.2 Å². The normalized spacial score (nSPS) is 21.1. The Balaban J connectivity index is 1.62. The fraction of sp³-hybridized carbons (Fsp3) is 0.533. The van der Waals surface area contributed by atoms with E-state index >= 15 is 0 Å². The molecule has 3 amide bonds. The molecule has 0 N–H and O–H groups in total. The van der Waals surface area contributed by atoms with Gasteiger partial charge in [-0.2, -0.15) is 26.3 Å². The fourth-order valence-electron chi connectivity index (χ4n) is 6.03. The van der Waals surface area contributed by atoms with Crippen LogP contribution >= 0.6 is 0 Å². The van der Waals surface area contributed by atoms with Crippen LogP contribution in [0.3, 0.4) is 0 Å². The van der Waals surface area contributed by atoms with Crippen LogP contribution in [0.25, 0.3) is 0 Å². The lowest BCUT2D eigenvalue weighted by molar-refractivity contribution is -0.143. The third-order valence-corrected chi connectivity index (χ3v) is 8.66. The maximum Gasteiger partial charge on any atom is 0.416 e. The molecule has 43 heavy (non-hydrogen) atoms. The van der Waals surface area contributed by atoms with Crippen LogP contribution in [-0.4, -0.2) is 77.4 Å². The summed E-state index contributed by atoms with van der Waals surface area (Å²) in [6.07, 6.45) is -8.96. The number of carbonyl (C=O) groups excluding carboxylic acids is 2. The number of aryl methyl sites for hydroxylation is 1. The number of halogens is 7. The van der Waals surface area contributed by atoms with Crippen molar-refractivity contribution in [1.29, 1.82) is 0 Å². The van der Waals surface area contributed by atoms with Gasteiger partial charge < -0.3 is 14.7 Å². The molecule has 2 aliphatic heterocycles. The molecular weight excluding hydrogens is 581 g/mol. The van der Waals surface area contributed by atoms with Gasteiger partial charge in [0.1, 0.15) is 5.82 Å². The topological polar surface area (TPSA) is 47.1 Å². The summed E-state index contributed by atoms with van der Waals surface area (Å²) in [6, 6.07) is 3.46. The Morgan fingerprint density at radius 3 is 2.00 bits per heavy atom. The highest BCUT2D eigenvalue weighted by molar-refractivity contribution is 5.76. The van der Waals surface area contributed by atoms with Gasteiger partial charge >= 0.3 is 18.4 Å². The zero-order chi connectivity index (χ0) is 31.9. The van der Waals surface area contributed by atoms with Gasteiger partial charge in [-0.15, -0.1) is 0 Å². The predicted molar refractivity (Wildman–Crippen MR) is 145 cm³/mol. The van der Waals surface area contributed by atoms with Gasteiger partial charge in [0.15, 0.2) is 0 Å². The van der Waals surface area contributed by atoms with Crippen LogP contribution in [0.4, 0.5) is 35.5 Å². The van der Waals surface area contributed by atoms with Crippen molar-refractivity contribution >= 4 is 11.9 Å². The number of hydrogen-bond acceptors (Lipinski definition) is 3. The molecule has 3 atom stereocenters. The van der Waals surface area contributed by atoms with E-state index in [9.17, 15) is 40.3 Å². The smallest absolute Gasteiger partial charge is 0.340 e. The van der Waals surface area contributed by atoms with E-state index in [1.165, 1.54) is 33.0 Å². The summed E-state index contributed by atoms with van der Waals surface area (Å²) in [5.74, 6) is -0.442. The van der Waals surface area contributed by atoms with Crippen molar-refractivity contribution in [2.75, 3.05) is 39.8 Å². The van der Waals surface area contributed by atoms with Crippen molar-refractivity contribution in [3.8, 4) is 0 Å². The van der Waals surface area contributed by atoms with Crippen LogP contribution < -0.4 is 0 Å². The summed E-state index contributed by atoms with van der Waals surface area (Å²) >= 11 is 0. The third-order valence-electron chi connectivity index (χ3n) is 8.66. The van der Waals surface area contributed by atoms with Crippen LogP contribution in [-0.2, 0) is 17.1 Å². The monoisotopic (exact) mass is 616 g/mol. The first-order valence-electron chi connectivity index (χ1n) is 14.1.